The fraction of sp³-hybridized carbons (Fsp3) is 0.533. The second-order valence-corrected chi connectivity index (χ2v) is 5.45. The summed E-state index contributed by atoms with van der Waals surface area (Å²) in [4.78, 5) is 14.6. The summed E-state index contributed by atoms with van der Waals surface area (Å²) in [6.07, 6.45) is 3.75. The minimum atomic E-state index is -0.0936. The van der Waals surface area contributed by atoms with E-state index < -0.39 is 0 Å². The summed E-state index contributed by atoms with van der Waals surface area (Å²) >= 11 is 0. The Balaban J connectivity index is 1.84. The molecule has 0 aromatic heterocycles. The van der Waals surface area contributed by atoms with Gasteiger partial charge in [0.2, 0.25) is 6.79 Å². The molecule has 1 heterocycles. The molecule has 1 aliphatic heterocycles. The lowest BCUT2D eigenvalue weighted by molar-refractivity contribution is 0.0563. The van der Waals surface area contributed by atoms with Crippen molar-refractivity contribution in [2.45, 2.75) is 31.7 Å². The van der Waals surface area contributed by atoms with Crippen molar-refractivity contribution in [1.82, 2.24) is 4.90 Å². The van der Waals surface area contributed by atoms with E-state index in [0.29, 0.717) is 35.7 Å². The highest BCUT2D eigenvalue weighted by molar-refractivity contribution is 6.00. The van der Waals surface area contributed by atoms with Gasteiger partial charge in [0.1, 0.15) is 0 Å². The minimum Gasteiger partial charge on any atom is -0.454 e. The highest BCUT2D eigenvalue weighted by Crippen LogP contribution is 2.37. The van der Waals surface area contributed by atoms with Crippen LogP contribution in [0.15, 0.2) is 12.1 Å². The lowest BCUT2D eigenvalue weighted by Gasteiger charge is -2.37. The van der Waals surface area contributed by atoms with Gasteiger partial charge in [0.05, 0.1) is 5.56 Å². The van der Waals surface area contributed by atoms with E-state index in [2.05, 4.69) is 0 Å². The first kappa shape index (κ1) is 14.0. The summed E-state index contributed by atoms with van der Waals surface area (Å²) in [6.45, 7) is 0.782. The highest BCUT2D eigenvalue weighted by Gasteiger charge is 2.31. The summed E-state index contributed by atoms with van der Waals surface area (Å²) < 4.78 is 10.6. The number of anilines is 1. The van der Waals surface area contributed by atoms with Gasteiger partial charge in [-0.05, 0) is 31.7 Å². The number of ether oxygens (including phenoxy) is 2. The molecule has 114 valence electrons. The van der Waals surface area contributed by atoms with Crippen molar-refractivity contribution >= 4 is 11.6 Å². The van der Waals surface area contributed by atoms with Crippen molar-refractivity contribution in [1.29, 1.82) is 0 Å². The SMILES string of the molecule is Nc1cc2c(cc1C(=O)N(CCCO)C1CCC1)OCO2. The zero-order valence-electron chi connectivity index (χ0n) is 11.9. The van der Waals surface area contributed by atoms with Gasteiger partial charge in [0.25, 0.3) is 5.91 Å². The zero-order chi connectivity index (χ0) is 14.8. The molecule has 1 aromatic rings. The van der Waals surface area contributed by atoms with E-state index in [1.807, 2.05) is 4.90 Å². The van der Waals surface area contributed by atoms with E-state index in [1.54, 1.807) is 12.1 Å². The van der Waals surface area contributed by atoms with Gasteiger partial charge in [-0.15, -0.1) is 0 Å². The smallest absolute Gasteiger partial charge is 0.256 e. The third-order valence-corrected chi connectivity index (χ3v) is 4.11. The van der Waals surface area contributed by atoms with Gasteiger partial charge >= 0.3 is 0 Å². The van der Waals surface area contributed by atoms with Crippen LogP contribution < -0.4 is 15.2 Å². The zero-order valence-corrected chi connectivity index (χ0v) is 11.9. The molecule has 0 unspecified atom stereocenters. The standard InChI is InChI=1S/C15H20N2O4/c16-12-8-14-13(20-9-21-14)7-11(12)15(19)17(5-2-6-18)10-3-1-4-10/h7-8,10,18H,1-6,9,16H2. The summed E-state index contributed by atoms with van der Waals surface area (Å²) in [5.41, 5.74) is 6.84. The normalized spacial score (nSPS) is 16.6. The van der Waals surface area contributed by atoms with Gasteiger partial charge in [-0.1, -0.05) is 0 Å². The Morgan fingerprint density at radius 3 is 2.67 bits per heavy atom. The number of aliphatic hydroxyl groups excluding tert-OH is 1. The molecule has 6 nitrogen and oxygen atoms in total. The minimum absolute atomic E-state index is 0.0765. The average molecular weight is 292 g/mol. The summed E-state index contributed by atoms with van der Waals surface area (Å²) in [5, 5.41) is 9.02. The summed E-state index contributed by atoms with van der Waals surface area (Å²) in [7, 11) is 0. The number of rotatable bonds is 5. The third kappa shape index (κ3) is 2.63. The van der Waals surface area contributed by atoms with Crippen molar-refractivity contribution in [2.75, 3.05) is 25.7 Å². The van der Waals surface area contributed by atoms with Crippen LogP contribution in [0.3, 0.4) is 0 Å². The molecule has 0 saturated heterocycles. The number of aliphatic hydroxyl groups is 1. The van der Waals surface area contributed by atoms with Gasteiger partial charge in [-0.25, -0.2) is 0 Å². The quantitative estimate of drug-likeness (QED) is 0.801. The summed E-state index contributed by atoms with van der Waals surface area (Å²) in [5.74, 6) is 1.04. The predicted octanol–water partition coefficient (Wildman–Crippen LogP) is 1.37. The summed E-state index contributed by atoms with van der Waals surface area (Å²) in [6, 6.07) is 3.56. The van der Waals surface area contributed by atoms with Crippen LogP contribution in [0.25, 0.3) is 0 Å². The van der Waals surface area contributed by atoms with Gasteiger partial charge in [0.15, 0.2) is 11.5 Å². The van der Waals surface area contributed by atoms with Crippen LogP contribution in [0.2, 0.25) is 0 Å². The molecule has 0 bridgehead atoms. The first-order valence-corrected chi connectivity index (χ1v) is 7.31. The average Bonchev–Trinajstić information content (AvgIpc) is 2.86. The maximum Gasteiger partial charge on any atom is 0.256 e. The maximum atomic E-state index is 12.8. The lowest BCUT2D eigenvalue weighted by atomic mass is 9.90. The topological polar surface area (TPSA) is 85.0 Å². The second-order valence-electron chi connectivity index (χ2n) is 5.45. The molecule has 0 spiro atoms. The highest BCUT2D eigenvalue weighted by atomic mass is 16.7. The fourth-order valence-electron chi connectivity index (χ4n) is 2.69. The number of benzene rings is 1. The molecule has 0 atom stereocenters. The molecular formula is C15H20N2O4. The number of nitrogens with zero attached hydrogens (tertiary/aromatic N) is 1. The van der Waals surface area contributed by atoms with Crippen LogP contribution in [-0.4, -0.2) is 41.9 Å². The number of nitrogens with two attached hydrogens (primary N) is 1. The number of hydrogen-bond donors (Lipinski definition) is 2. The van der Waals surface area contributed by atoms with E-state index in [-0.39, 0.29) is 25.3 Å². The van der Waals surface area contributed by atoms with Crippen LogP contribution in [0.4, 0.5) is 5.69 Å². The molecule has 1 aromatic carbocycles. The number of fused-ring (bicyclic) bond motifs is 1. The molecule has 2 aliphatic rings. The van der Waals surface area contributed by atoms with Gasteiger partial charge in [-0.3, -0.25) is 4.79 Å². The molecule has 0 radical (unpaired) electrons. The Labute approximate surface area is 123 Å². The van der Waals surface area contributed by atoms with Crippen LogP contribution >= 0.6 is 0 Å². The number of carbonyl (C=O) groups excluding carboxylic acids is 1. The van der Waals surface area contributed by atoms with Crippen LogP contribution in [0, 0.1) is 0 Å². The number of carbonyl (C=O) groups is 1. The number of hydrogen-bond acceptors (Lipinski definition) is 5. The second kappa shape index (κ2) is 5.81. The Morgan fingerprint density at radius 2 is 2.05 bits per heavy atom. The Hall–Kier alpha value is -1.95. The Morgan fingerprint density at radius 1 is 1.33 bits per heavy atom. The van der Waals surface area contributed by atoms with E-state index in [4.69, 9.17) is 20.3 Å². The number of amides is 1. The van der Waals surface area contributed by atoms with E-state index in [9.17, 15) is 4.79 Å². The molecule has 3 N–H and O–H groups in total. The van der Waals surface area contributed by atoms with Crippen molar-refractivity contribution in [3.63, 3.8) is 0 Å². The molecule has 1 fully saturated rings. The van der Waals surface area contributed by atoms with E-state index >= 15 is 0 Å². The van der Waals surface area contributed by atoms with Crippen molar-refractivity contribution in [2.24, 2.45) is 0 Å². The Kier molecular flexibility index (Phi) is 3.88. The van der Waals surface area contributed by atoms with Gasteiger partial charge < -0.3 is 25.2 Å². The Bertz CT molecular complexity index is 543. The van der Waals surface area contributed by atoms with Gasteiger partial charge in [0, 0.05) is 30.9 Å². The van der Waals surface area contributed by atoms with Crippen LogP contribution in [-0.2, 0) is 0 Å². The molecule has 6 heteroatoms. The molecule has 1 amide bonds. The largest absolute Gasteiger partial charge is 0.454 e. The molecule has 1 saturated carbocycles. The van der Waals surface area contributed by atoms with Gasteiger partial charge in [-0.2, -0.15) is 0 Å². The molecule has 3 rings (SSSR count). The predicted molar refractivity (Wildman–Crippen MR) is 77.4 cm³/mol. The molecule has 1 aliphatic carbocycles. The monoisotopic (exact) mass is 292 g/mol. The number of nitrogen functional groups attached to an aromatic ring is 1. The van der Waals surface area contributed by atoms with Crippen molar-refractivity contribution in [3.05, 3.63) is 17.7 Å². The first-order chi connectivity index (χ1) is 10.2. The maximum absolute atomic E-state index is 12.8. The third-order valence-electron chi connectivity index (χ3n) is 4.11. The fourth-order valence-corrected chi connectivity index (χ4v) is 2.69. The van der Waals surface area contributed by atoms with Crippen LogP contribution in [0.5, 0.6) is 11.5 Å². The van der Waals surface area contributed by atoms with E-state index in [0.717, 1.165) is 19.3 Å². The molecule has 21 heavy (non-hydrogen) atoms. The van der Waals surface area contributed by atoms with Crippen molar-refractivity contribution < 1.29 is 19.4 Å². The molecular weight excluding hydrogens is 272 g/mol. The van der Waals surface area contributed by atoms with Crippen LogP contribution in [0.1, 0.15) is 36.0 Å². The first-order valence-electron chi connectivity index (χ1n) is 7.31. The van der Waals surface area contributed by atoms with E-state index in [1.165, 1.54) is 0 Å². The van der Waals surface area contributed by atoms with Crippen molar-refractivity contribution in [3.8, 4) is 11.5 Å². The lowest BCUT2D eigenvalue weighted by Crippen LogP contribution is -2.45.